The Kier molecular flexibility index (Phi) is 6.56. The number of nitrogens with zero attached hydrogens (tertiary/aromatic N) is 1. The topological polar surface area (TPSA) is 93.3 Å². The molecule has 1 heterocycles. The van der Waals surface area contributed by atoms with Crippen molar-refractivity contribution in [1.82, 2.24) is 15.3 Å². The smallest absolute Gasteiger partial charge is 0.251 e. The molecule has 0 aliphatic rings. The summed E-state index contributed by atoms with van der Waals surface area (Å²) in [4.78, 5) is 30.6. The molecule has 134 valence electrons. The van der Waals surface area contributed by atoms with Gasteiger partial charge in [-0.1, -0.05) is 0 Å². The summed E-state index contributed by atoms with van der Waals surface area (Å²) in [5.41, 5.74) is 0.942. The summed E-state index contributed by atoms with van der Waals surface area (Å²) in [5, 5.41) is 2.81. The van der Waals surface area contributed by atoms with Gasteiger partial charge in [-0.25, -0.2) is 4.98 Å². The Morgan fingerprint density at radius 3 is 2.56 bits per heavy atom. The van der Waals surface area contributed by atoms with E-state index in [4.69, 9.17) is 9.47 Å². The number of H-pyrrole nitrogens is 1. The quantitative estimate of drug-likeness (QED) is 0.761. The largest absolute Gasteiger partial charge is 0.490 e. The van der Waals surface area contributed by atoms with Gasteiger partial charge in [0, 0.05) is 30.3 Å². The summed E-state index contributed by atoms with van der Waals surface area (Å²) < 4.78 is 11.0. The van der Waals surface area contributed by atoms with Crippen LogP contribution in [-0.4, -0.2) is 35.6 Å². The molecule has 0 aliphatic heterocycles. The third kappa shape index (κ3) is 5.34. The van der Waals surface area contributed by atoms with Crippen LogP contribution in [0.1, 0.15) is 35.7 Å². The van der Waals surface area contributed by atoms with Crippen LogP contribution in [0.5, 0.6) is 11.5 Å². The molecule has 1 aromatic carbocycles. The SMILES string of the molecule is CCOc1ccc(C(=O)NCCc2nc(C)cc(=O)[nH]2)cc1OCC. The van der Waals surface area contributed by atoms with E-state index in [1.807, 2.05) is 13.8 Å². The van der Waals surface area contributed by atoms with Gasteiger partial charge in [-0.05, 0) is 39.0 Å². The van der Waals surface area contributed by atoms with E-state index in [1.165, 1.54) is 6.07 Å². The fraction of sp³-hybridized carbons (Fsp3) is 0.389. The number of ether oxygens (including phenoxy) is 2. The number of nitrogens with one attached hydrogen (secondary N) is 2. The molecule has 0 radical (unpaired) electrons. The third-order valence-electron chi connectivity index (χ3n) is 3.37. The second-order valence-corrected chi connectivity index (χ2v) is 5.37. The van der Waals surface area contributed by atoms with Gasteiger partial charge >= 0.3 is 0 Å². The molecule has 2 rings (SSSR count). The third-order valence-corrected chi connectivity index (χ3v) is 3.37. The molecule has 0 spiro atoms. The van der Waals surface area contributed by atoms with Crippen molar-refractivity contribution in [2.75, 3.05) is 19.8 Å². The van der Waals surface area contributed by atoms with Crippen molar-refractivity contribution in [3.63, 3.8) is 0 Å². The molecule has 0 saturated carbocycles. The van der Waals surface area contributed by atoms with Gasteiger partial charge in [0.25, 0.3) is 11.5 Å². The Hall–Kier alpha value is -2.83. The van der Waals surface area contributed by atoms with Crippen LogP contribution in [0.3, 0.4) is 0 Å². The number of aryl methyl sites for hydroxylation is 1. The molecular formula is C18H23N3O4. The second kappa shape index (κ2) is 8.86. The van der Waals surface area contributed by atoms with Crippen molar-refractivity contribution in [2.24, 2.45) is 0 Å². The van der Waals surface area contributed by atoms with E-state index in [0.29, 0.717) is 54.8 Å². The Labute approximate surface area is 146 Å². The van der Waals surface area contributed by atoms with Gasteiger partial charge in [-0.2, -0.15) is 0 Å². The van der Waals surface area contributed by atoms with Crippen LogP contribution in [0.4, 0.5) is 0 Å². The predicted molar refractivity (Wildman–Crippen MR) is 94.4 cm³/mol. The molecule has 25 heavy (non-hydrogen) atoms. The summed E-state index contributed by atoms with van der Waals surface area (Å²) in [6.45, 7) is 6.89. The molecule has 7 nitrogen and oxygen atoms in total. The summed E-state index contributed by atoms with van der Waals surface area (Å²) >= 11 is 0. The number of benzene rings is 1. The number of rotatable bonds is 8. The monoisotopic (exact) mass is 345 g/mol. The molecule has 0 atom stereocenters. The van der Waals surface area contributed by atoms with Crippen molar-refractivity contribution in [3.8, 4) is 11.5 Å². The Morgan fingerprint density at radius 2 is 1.88 bits per heavy atom. The van der Waals surface area contributed by atoms with Crippen LogP contribution >= 0.6 is 0 Å². The number of aromatic amines is 1. The van der Waals surface area contributed by atoms with E-state index in [9.17, 15) is 9.59 Å². The van der Waals surface area contributed by atoms with Crippen LogP contribution in [0.25, 0.3) is 0 Å². The van der Waals surface area contributed by atoms with Crippen molar-refractivity contribution < 1.29 is 14.3 Å². The second-order valence-electron chi connectivity index (χ2n) is 5.37. The minimum absolute atomic E-state index is 0.193. The van der Waals surface area contributed by atoms with E-state index in [-0.39, 0.29) is 11.5 Å². The highest BCUT2D eigenvalue weighted by Gasteiger charge is 2.11. The fourth-order valence-electron chi connectivity index (χ4n) is 2.35. The van der Waals surface area contributed by atoms with Gasteiger partial charge in [0.15, 0.2) is 11.5 Å². The molecule has 7 heteroatoms. The zero-order chi connectivity index (χ0) is 18.2. The molecule has 1 amide bonds. The van der Waals surface area contributed by atoms with E-state index in [2.05, 4.69) is 15.3 Å². The average Bonchev–Trinajstić information content (AvgIpc) is 2.56. The summed E-state index contributed by atoms with van der Waals surface area (Å²) in [6.07, 6.45) is 0.442. The first kappa shape index (κ1) is 18.5. The summed E-state index contributed by atoms with van der Waals surface area (Å²) in [7, 11) is 0. The lowest BCUT2D eigenvalue weighted by atomic mass is 10.2. The molecular weight excluding hydrogens is 322 g/mol. The van der Waals surface area contributed by atoms with Crippen molar-refractivity contribution in [3.05, 3.63) is 51.7 Å². The highest BCUT2D eigenvalue weighted by Crippen LogP contribution is 2.28. The predicted octanol–water partition coefficient (Wildman–Crippen LogP) is 1.85. The standard InChI is InChI=1S/C18H23N3O4/c1-4-24-14-7-6-13(11-15(14)25-5-2)18(23)19-9-8-16-20-12(3)10-17(22)21-16/h6-7,10-11H,4-5,8-9H2,1-3H3,(H,19,23)(H,20,21,22). The lowest BCUT2D eigenvalue weighted by Gasteiger charge is -2.12. The number of aromatic nitrogens is 2. The normalized spacial score (nSPS) is 10.4. The van der Waals surface area contributed by atoms with Crippen LogP contribution in [0.2, 0.25) is 0 Å². The van der Waals surface area contributed by atoms with Gasteiger partial charge in [-0.3, -0.25) is 9.59 Å². The van der Waals surface area contributed by atoms with Gasteiger partial charge in [-0.15, -0.1) is 0 Å². The maximum absolute atomic E-state index is 12.3. The number of carbonyl (C=O) groups is 1. The average molecular weight is 345 g/mol. The van der Waals surface area contributed by atoms with E-state index >= 15 is 0 Å². The van der Waals surface area contributed by atoms with Crippen LogP contribution < -0.4 is 20.3 Å². The molecule has 0 unspecified atom stereocenters. The number of carbonyl (C=O) groups excluding carboxylic acids is 1. The molecule has 0 fully saturated rings. The first-order valence-corrected chi connectivity index (χ1v) is 8.28. The van der Waals surface area contributed by atoms with Gasteiger partial charge in [0.2, 0.25) is 0 Å². The molecule has 0 saturated heterocycles. The lowest BCUT2D eigenvalue weighted by molar-refractivity contribution is 0.0953. The fourth-order valence-corrected chi connectivity index (χ4v) is 2.35. The summed E-state index contributed by atoms with van der Waals surface area (Å²) in [5.74, 6) is 1.48. The van der Waals surface area contributed by atoms with E-state index < -0.39 is 0 Å². The van der Waals surface area contributed by atoms with Crippen LogP contribution in [0.15, 0.2) is 29.1 Å². The highest BCUT2D eigenvalue weighted by molar-refractivity contribution is 5.94. The minimum Gasteiger partial charge on any atom is -0.490 e. The Balaban J connectivity index is 2.00. The van der Waals surface area contributed by atoms with Gasteiger partial charge in [0.05, 0.1) is 13.2 Å². The highest BCUT2D eigenvalue weighted by atomic mass is 16.5. The van der Waals surface area contributed by atoms with Crippen molar-refractivity contribution in [2.45, 2.75) is 27.2 Å². The van der Waals surface area contributed by atoms with Crippen molar-refractivity contribution in [1.29, 1.82) is 0 Å². The summed E-state index contributed by atoms with van der Waals surface area (Å²) in [6, 6.07) is 6.51. The number of hydrogen-bond acceptors (Lipinski definition) is 5. The maximum atomic E-state index is 12.3. The molecule has 2 N–H and O–H groups in total. The zero-order valence-electron chi connectivity index (χ0n) is 14.7. The lowest BCUT2D eigenvalue weighted by Crippen LogP contribution is -2.27. The van der Waals surface area contributed by atoms with E-state index in [0.717, 1.165) is 0 Å². The maximum Gasteiger partial charge on any atom is 0.251 e. The van der Waals surface area contributed by atoms with Gasteiger partial charge in [0.1, 0.15) is 5.82 Å². The van der Waals surface area contributed by atoms with Crippen molar-refractivity contribution >= 4 is 5.91 Å². The molecule has 0 aliphatic carbocycles. The van der Waals surface area contributed by atoms with E-state index in [1.54, 1.807) is 25.1 Å². The Morgan fingerprint density at radius 1 is 1.16 bits per heavy atom. The zero-order valence-corrected chi connectivity index (χ0v) is 14.7. The van der Waals surface area contributed by atoms with Crippen LogP contribution in [0, 0.1) is 6.92 Å². The van der Waals surface area contributed by atoms with Gasteiger partial charge < -0.3 is 19.8 Å². The number of hydrogen-bond donors (Lipinski definition) is 2. The first-order chi connectivity index (χ1) is 12.0. The minimum atomic E-state index is -0.223. The first-order valence-electron chi connectivity index (χ1n) is 8.28. The number of amides is 1. The Bertz CT molecular complexity index is 786. The molecule has 2 aromatic rings. The molecule has 1 aromatic heterocycles. The molecule has 0 bridgehead atoms. The van der Waals surface area contributed by atoms with Crippen LogP contribution in [-0.2, 0) is 6.42 Å².